The molecule has 1 aromatic rings. The molecule has 0 aromatic carbocycles. The maximum absolute atomic E-state index is 10.9. The Bertz CT molecular complexity index is 386. The molecule has 0 amide bonds. The van der Waals surface area contributed by atoms with Gasteiger partial charge in [-0.1, -0.05) is 11.6 Å². The van der Waals surface area contributed by atoms with Crippen LogP contribution in [0.2, 0.25) is 5.15 Å². The van der Waals surface area contributed by atoms with Gasteiger partial charge in [-0.25, -0.2) is 13.4 Å². The van der Waals surface area contributed by atoms with Gasteiger partial charge in [-0.15, -0.1) is 0 Å². The highest BCUT2D eigenvalue weighted by atomic mass is 127. The summed E-state index contributed by atoms with van der Waals surface area (Å²) < 4.78 is 22.3. The van der Waals surface area contributed by atoms with E-state index in [4.69, 9.17) is 22.3 Å². The van der Waals surface area contributed by atoms with Crippen LogP contribution in [0.4, 0.5) is 0 Å². The highest BCUT2D eigenvalue weighted by molar-refractivity contribution is 14.1. The number of halogens is 3. The first-order valence-corrected chi connectivity index (χ1v) is 6.44. The molecule has 0 unspecified atom stereocenters. The Morgan fingerprint density at radius 2 is 2.08 bits per heavy atom. The first-order valence-electron chi connectivity index (χ1n) is 2.67. The van der Waals surface area contributed by atoms with Gasteiger partial charge < -0.3 is 0 Å². The molecule has 0 saturated heterocycles. The van der Waals surface area contributed by atoms with Crippen molar-refractivity contribution in [3.63, 3.8) is 0 Å². The van der Waals surface area contributed by atoms with Crippen LogP contribution in [0.1, 0.15) is 0 Å². The molecule has 0 spiro atoms. The van der Waals surface area contributed by atoms with Crippen molar-refractivity contribution in [1.82, 2.24) is 4.98 Å². The average molecular weight is 338 g/mol. The fourth-order valence-corrected chi connectivity index (χ4v) is 4.06. The van der Waals surface area contributed by atoms with Crippen molar-refractivity contribution in [2.24, 2.45) is 0 Å². The van der Waals surface area contributed by atoms with Gasteiger partial charge in [-0.2, -0.15) is 0 Å². The van der Waals surface area contributed by atoms with Gasteiger partial charge in [0.2, 0.25) is 0 Å². The van der Waals surface area contributed by atoms with Gasteiger partial charge in [0, 0.05) is 20.4 Å². The number of nitrogens with zero attached hydrogens (tertiary/aromatic N) is 1. The second-order valence-corrected chi connectivity index (χ2v) is 5.87. The predicted octanol–water partition coefficient (Wildman–Crippen LogP) is 2.27. The molecule has 0 aliphatic rings. The van der Waals surface area contributed by atoms with Gasteiger partial charge in [0.15, 0.2) is 0 Å². The zero-order valence-electron chi connectivity index (χ0n) is 5.46. The zero-order chi connectivity index (χ0) is 9.35. The summed E-state index contributed by atoms with van der Waals surface area (Å²) in [6.45, 7) is 0. The van der Waals surface area contributed by atoms with Crippen LogP contribution in [0.15, 0.2) is 17.2 Å². The molecule has 1 heterocycles. The van der Waals surface area contributed by atoms with Crippen molar-refractivity contribution in [3.05, 3.63) is 21.0 Å². The summed E-state index contributed by atoms with van der Waals surface area (Å²) in [5.74, 6) is 0. The normalized spacial score (nSPS) is 11.6. The molecule has 0 atom stereocenters. The van der Waals surface area contributed by atoms with E-state index >= 15 is 0 Å². The van der Waals surface area contributed by atoms with Gasteiger partial charge in [0.1, 0.15) is 10.0 Å². The molecule has 3 nitrogen and oxygen atoms in total. The quantitative estimate of drug-likeness (QED) is 0.448. The van der Waals surface area contributed by atoms with Crippen LogP contribution in [0.5, 0.6) is 0 Å². The third kappa shape index (κ3) is 2.21. The standard InChI is InChI=1S/C5H2Cl2INO2S/c6-5-4(12(7,10)11)3(8)1-2-9-5/h1-2H. The number of pyridine rings is 1. The molecule has 0 aliphatic heterocycles. The third-order valence-corrected chi connectivity index (χ3v) is 4.08. The Hall–Kier alpha value is 0.410. The average Bonchev–Trinajstić information content (AvgIpc) is 1.82. The lowest BCUT2D eigenvalue weighted by molar-refractivity contribution is 0.608. The van der Waals surface area contributed by atoms with Crippen molar-refractivity contribution < 1.29 is 8.42 Å². The van der Waals surface area contributed by atoms with Gasteiger partial charge in [0.05, 0.1) is 0 Å². The monoisotopic (exact) mass is 337 g/mol. The molecule has 12 heavy (non-hydrogen) atoms. The topological polar surface area (TPSA) is 47.0 Å². The molecule has 0 aliphatic carbocycles. The van der Waals surface area contributed by atoms with E-state index in [2.05, 4.69) is 4.98 Å². The summed E-state index contributed by atoms with van der Waals surface area (Å²) in [5.41, 5.74) is 0. The molecule has 0 bridgehead atoms. The highest BCUT2D eigenvalue weighted by Gasteiger charge is 2.18. The minimum absolute atomic E-state index is 0.100. The predicted molar refractivity (Wildman–Crippen MR) is 55.0 cm³/mol. The van der Waals surface area contributed by atoms with Crippen molar-refractivity contribution >= 4 is 53.9 Å². The molecule has 1 rings (SSSR count). The smallest absolute Gasteiger partial charge is 0.243 e. The minimum Gasteiger partial charge on any atom is -0.243 e. The number of hydrogen-bond acceptors (Lipinski definition) is 3. The van der Waals surface area contributed by atoms with Crippen molar-refractivity contribution in [3.8, 4) is 0 Å². The van der Waals surface area contributed by atoms with Gasteiger partial charge >= 0.3 is 0 Å². The van der Waals surface area contributed by atoms with E-state index in [-0.39, 0.29) is 10.0 Å². The largest absolute Gasteiger partial charge is 0.265 e. The van der Waals surface area contributed by atoms with Crippen molar-refractivity contribution in [2.75, 3.05) is 0 Å². The summed E-state index contributed by atoms with van der Waals surface area (Å²) >= 11 is 7.36. The lowest BCUT2D eigenvalue weighted by atomic mass is 10.5. The molecule has 66 valence electrons. The van der Waals surface area contributed by atoms with Crippen molar-refractivity contribution in [2.45, 2.75) is 4.90 Å². The molecule has 0 fully saturated rings. The molecule has 1 aromatic heterocycles. The maximum Gasteiger partial charge on any atom is 0.265 e. The highest BCUT2D eigenvalue weighted by Crippen LogP contribution is 2.27. The molecule has 7 heteroatoms. The summed E-state index contributed by atoms with van der Waals surface area (Å²) in [6, 6.07) is 1.52. The van der Waals surface area contributed by atoms with Crippen molar-refractivity contribution in [1.29, 1.82) is 0 Å². The zero-order valence-corrected chi connectivity index (χ0v) is 9.95. The molecule has 0 saturated carbocycles. The maximum atomic E-state index is 10.9. The molecule has 0 radical (unpaired) electrons. The first kappa shape index (κ1) is 10.5. The Kier molecular flexibility index (Phi) is 3.19. The summed E-state index contributed by atoms with van der Waals surface area (Å²) in [7, 11) is 1.32. The van der Waals surface area contributed by atoms with E-state index in [1.54, 1.807) is 0 Å². The van der Waals surface area contributed by atoms with Crippen LogP contribution in [-0.4, -0.2) is 13.4 Å². The van der Waals surface area contributed by atoms with Gasteiger partial charge in [-0.3, -0.25) is 0 Å². The first-order chi connectivity index (χ1) is 5.43. The summed E-state index contributed by atoms with van der Waals surface area (Å²) in [5, 5.41) is -0.100. The fraction of sp³-hybridized carbons (Fsp3) is 0. The lowest BCUT2D eigenvalue weighted by Gasteiger charge is -2.00. The van der Waals surface area contributed by atoms with E-state index in [0.29, 0.717) is 3.57 Å². The summed E-state index contributed by atoms with van der Waals surface area (Å²) in [4.78, 5) is 3.47. The summed E-state index contributed by atoms with van der Waals surface area (Å²) in [6.07, 6.45) is 1.41. The third-order valence-electron chi connectivity index (χ3n) is 1.06. The second kappa shape index (κ2) is 3.65. The lowest BCUT2D eigenvalue weighted by Crippen LogP contribution is -1.96. The van der Waals surface area contributed by atoms with Crippen LogP contribution in [0.3, 0.4) is 0 Å². The fourth-order valence-electron chi connectivity index (χ4n) is 0.618. The van der Waals surface area contributed by atoms with E-state index in [0.717, 1.165) is 0 Å². The van der Waals surface area contributed by atoms with Crippen LogP contribution < -0.4 is 0 Å². The second-order valence-electron chi connectivity index (χ2n) is 1.85. The van der Waals surface area contributed by atoms with Gasteiger partial charge in [0.25, 0.3) is 9.05 Å². The van der Waals surface area contributed by atoms with Crippen LogP contribution in [-0.2, 0) is 9.05 Å². The Morgan fingerprint density at radius 3 is 2.42 bits per heavy atom. The van der Waals surface area contributed by atoms with Gasteiger partial charge in [-0.05, 0) is 28.7 Å². The Balaban J connectivity index is 3.53. The number of aromatic nitrogens is 1. The van der Waals surface area contributed by atoms with Crippen LogP contribution in [0, 0.1) is 3.57 Å². The van der Waals surface area contributed by atoms with Crippen LogP contribution >= 0.6 is 44.9 Å². The van der Waals surface area contributed by atoms with E-state index < -0.39 is 9.05 Å². The minimum atomic E-state index is -3.79. The van der Waals surface area contributed by atoms with E-state index in [9.17, 15) is 8.42 Å². The Morgan fingerprint density at radius 1 is 1.50 bits per heavy atom. The Labute approximate surface area is 92.6 Å². The SMILES string of the molecule is O=S(=O)(Cl)c1c(I)ccnc1Cl. The van der Waals surface area contributed by atoms with E-state index in [1.807, 2.05) is 22.6 Å². The molecular weight excluding hydrogens is 336 g/mol. The number of hydrogen-bond donors (Lipinski definition) is 0. The number of rotatable bonds is 1. The van der Waals surface area contributed by atoms with Crippen LogP contribution in [0.25, 0.3) is 0 Å². The molecule has 0 N–H and O–H groups in total. The van der Waals surface area contributed by atoms with E-state index in [1.165, 1.54) is 12.3 Å². The molecular formula is C5H2Cl2INO2S.